The lowest BCUT2D eigenvalue weighted by Crippen LogP contribution is -2.28. The number of halogens is 1. The summed E-state index contributed by atoms with van der Waals surface area (Å²) in [6.45, 7) is 0.0949. The van der Waals surface area contributed by atoms with Crippen LogP contribution >= 0.6 is 15.9 Å². The van der Waals surface area contributed by atoms with E-state index in [1.165, 1.54) is 13.2 Å². The van der Waals surface area contributed by atoms with Crippen LogP contribution in [0.15, 0.2) is 58.8 Å². The van der Waals surface area contributed by atoms with Crippen LogP contribution in [0.4, 0.5) is 4.79 Å². The third-order valence-corrected chi connectivity index (χ3v) is 3.37. The van der Waals surface area contributed by atoms with E-state index in [-0.39, 0.29) is 12.3 Å². The molecule has 0 spiro atoms. The molecule has 0 atom stereocenters. The number of carbonyl (C=O) groups is 2. The van der Waals surface area contributed by atoms with Gasteiger partial charge in [0.15, 0.2) is 0 Å². The van der Waals surface area contributed by atoms with E-state index < -0.39 is 12.1 Å². The number of ether oxygens (including phenoxy) is 2. The summed E-state index contributed by atoms with van der Waals surface area (Å²) >= 11 is 3.27. The highest BCUT2D eigenvalue weighted by molar-refractivity contribution is 9.10. The second kappa shape index (κ2) is 8.83. The highest BCUT2D eigenvalue weighted by atomic mass is 79.9. The fraction of sp³-hybridized carbons (Fsp3) is 0.118. The molecule has 24 heavy (non-hydrogen) atoms. The SMILES string of the molecule is COC(=O)/C(=C/c1ccc(Br)cn1)NC(=O)OCc1ccccc1. The summed E-state index contributed by atoms with van der Waals surface area (Å²) in [5, 5.41) is 2.37. The van der Waals surface area contributed by atoms with Crippen LogP contribution in [0.25, 0.3) is 6.08 Å². The van der Waals surface area contributed by atoms with Gasteiger partial charge in [-0.25, -0.2) is 9.59 Å². The summed E-state index contributed by atoms with van der Waals surface area (Å²) in [6, 6.07) is 12.7. The van der Waals surface area contributed by atoms with E-state index in [9.17, 15) is 9.59 Å². The molecular weight excluding hydrogens is 376 g/mol. The van der Waals surface area contributed by atoms with Crippen LogP contribution in [0.1, 0.15) is 11.3 Å². The third kappa shape index (κ3) is 5.51. The molecule has 0 aliphatic heterocycles. The molecule has 0 radical (unpaired) electrons. The molecule has 1 heterocycles. The Morgan fingerprint density at radius 3 is 2.58 bits per heavy atom. The highest BCUT2D eigenvalue weighted by Gasteiger charge is 2.14. The predicted molar refractivity (Wildman–Crippen MR) is 91.7 cm³/mol. The van der Waals surface area contributed by atoms with Crippen LogP contribution < -0.4 is 5.32 Å². The van der Waals surface area contributed by atoms with Crippen molar-refractivity contribution in [2.24, 2.45) is 0 Å². The molecule has 1 N–H and O–H groups in total. The number of carbonyl (C=O) groups excluding carboxylic acids is 2. The monoisotopic (exact) mass is 390 g/mol. The minimum Gasteiger partial charge on any atom is -0.464 e. The van der Waals surface area contributed by atoms with Crippen LogP contribution in [0.2, 0.25) is 0 Å². The van der Waals surface area contributed by atoms with Crippen LogP contribution in [-0.4, -0.2) is 24.2 Å². The average Bonchev–Trinajstić information content (AvgIpc) is 2.61. The minimum atomic E-state index is -0.757. The Labute approximate surface area is 147 Å². The first-order valence-corrected chi connectivity index (χ1v) is 7.77. The van der Waals surface area contributed by atoms with Gasteiger partial charge in [-0.1, -0.05) is 30.3 Å². The van der Waals surface area contributed by atoms with Crippen LogP contribution in [0, 0.1) is 0 Å². The van der Waals surface area contributed by atoms with E-state index >= 15 is 0 Å². The molecule has 0 saturated carbocycles. The average molecular weight is 391 g/mol. The minimum absolute atomic E-state index is 0.0645. The molecule has 0 bridgehead atoms. The van der Waals surface area contributed by atoms with Crippen molar-refractivity contribution in [3.63, 3.8) is 0 Å². The summed E-state index contributed by atoms with van der Waals surface area (Å²) < 4.78 is 10.5. The molecule has 7 heteroatoms. The van der Waals surface area contributed by atoms with Crippen molar-refractivity contribution >= 4 is 34.1 Å². The number of rotatable bonds is 5. The zero-order chi connectivity index (χ0) is 17.4. The molecule has 0 aliphatic carbocycles. The van der Waals surface area contributed by atoms with Gasteiger partial charge < -0.3 is 9.47 Å². The van der Waals surface area contributed by atoms with Crippen molar-refractivity contribution < 1.29 is 19.1 Å². The van der Waals surface area contributed by atoms with Crippen molar-refractivity contribution in [1.29, 1.82) is 0 Å². The molecule has 6 nitrogen and oxygen atoms in total. The van der Waals surface area contributed by atoms with Gasteiger partial charge in [0.25, 0.3) is 0 Å². The lowest BCUT2D eigenvalue weighted by atomic mass is 10.2. The Kier molecular flexibility index (Phi) is 6.51. The van der Waals surface area contributed by atoms with Gasteiger partial charge >= 0.3 is 12.1 Å². The normalized spacial score (nSPS) is 10.8. The second-order valence-corrected chi connectivity index (χ2v) is 5.55. The van der Waals surface area contributed by atoms with Crippen LogP contribution in [-0.2, 0) is 20.9 Å². The maximum Gasteiger partial charge on any atom is 0.412 e. The third-order valence-electron chi connectivity index (χ3n) is 2.90. The van der Waals surface area contributed by atoms with E-state index in [0.717, 1.165) is 10.0 Å². The molecule has 1 amide bonds. The van der Waals surface area contributed by atoms with E-state index in [0.29, 0.717) is 5.69 Å². The molecule has 1 aromatic carbocycles. The van der Waals surface area contributed by atoms with Gasteiger partial charge in [-0.3, -0.25) is 10.3 Å². The maximum atomic E-state index is 11.9. The van der Waals surface area contributed by atoms with Crippen molar-refractivity contribution in [2.45, 2.75) is 6.61 Å². The lowest BCUT2D eigenvalue weighted by molar-refractivity contribution is -0.136. The summed E-state index contributed by atoms with van der Waals surface area (Å²) in [6.07, 6.45) is 2.23. The molecule has 2 rings (SSSR count). The van der Waals surface area contributed by atoms with E-state index in [1.807, 2.05) is 30.3 Å². The van der Waals surface area contributed by atoms with Crippen molar-refractivity contribution in [1.82, 2.24) is 10.3 Å². The van der Waals surface area contributed by atoms with Crippen molar-refractivity contribution in [2.75, 3.05) is 7.11 Å². The van der Waals surface area contributed by atoms with E-state index in [4.69, 9.17) is 4.74 Å². The summed E-state index contributed by atoms with van der Waals surface area (Å²) in [7, 11) is 1.22. The number of methoxy groups -OCH3 is 1. The first kappa shape index (κ1) is 17.7. The zero-order valence-corrected chi connectivity index (χ0v) is 14.4. The van der Waals surface area contributed by atoms with E-state index in [1.54, 1.807) is 18.3 Å². The Bertz CT molecular complexity index is 730. The van der Waals surface area contributed by atoms with Crippen LogP contribution in [0.3, 0.4) is 0 Å². The number of hydrogen-bond donors (Lipinski definition) is 1. The fourth-order valence-electron chi connectivity index (χ4n) is 1.75. The number of hydrogen-bond acceptors (Lipinski definition) is 5. The molecule has 124 valence electrons. The number of nitrogens with zero attached hydrogens (tertiary/aromatic N) is 1. The number of alkyl carbamates (subject to hydrolysis) is 1. The summed E-state index contributed by atoms with van der Waals surface area (Å²) in [5.74, 6) is -0.698. The van der Waals surface area contributed by atoms with Crippen LogP contribution in [0.5, 0.6) is 0 Å². The molecule has 0 unspecified atom stereocenters. The molecule has 2 aromatic rings. The quantitative estimate of drug-likeness (QED) is 0.625. The smallest absolute Gasteiger partial charge is 0.412 e. The number of amides is 1. The Morgan fingerprint density at radius 2 is 1.96 bits per heavy atom. The van der Waals surface area contributed by atoms with Gasteiger partial charge in [0.2, 0.25) is 0 Å². The predicted octanol–water partition coefficient (Wildman–Crippen LogP) is 3.28. The lowest BCUT2D eigenvalue weighted by Gasteiger charge is -2.09. The Morgan fingerprint density at radius 1 is 1.21 bits per heavy atom. The topological polar surface area (TPSA) is 77.5 Å². The molecule has 1 aromatic heterocycles. The Hall–Kier alpha value is -2.67. The van der Waals surface area contributed by atoms with Gasteiger partial charge in [0.05, 0.1) is 12.8 Å². The highest BCUT2D eigenvalue weighted by Crippen LogP contribution is 2.10. The van der Waals surface area contributed by atoms with Gasteiger partial charge in [0.1, 0.15) is 12.3 Å². The first-order chi connectivity index (χ1) is 11.6. The molecule has 0 aliphatic rings. The molecule has 0 saturated heterocycles. The summed E-state index contributed by atoms with van der Waals surface area (Å²) in [4.78, 5) is 27.8. The van der Waals surface area contributed by atoms with Crippen molar-refractivity contribution in [3.8, 4) is 0 Å². The zero-order valence-electron chi connectivity index (χ0n) is 12.9. The largest absolute Gasteiger partial charge is 0.464 e. The van der Waals surface area contributed by atoms with Gasteiger partial charge in [-0.15, -0.1) is 0 Å². The summed E-state index contributed by atoms with van der Waals surface area (Å²) in [5.41, 5.74) is 1.26. The first-order valence-electron chi connectivity index (χ1n) is 6.98. The van der Waals surface area contributed by atoms with Crippen molar-refractivity contribution in [3.05, 3.63) is 70.1 Å². The van der Waals surface area contributed by atoms with Gasteiger partial charge in [-0.2, -0.15) is 0 Å². The van der Waals surface area contributed by atoms with E-state index in [2.05, 4.69) is 31.0 Å². The van der Waals surface area contributed by atoms with Gasteiger partial charge in [-0.05, 0) is 39.7 Å². The maximum absolute atomic E-state index is 11.9. The number of nitrogens with one attached hydrogen (secondary N) is 1. The molecular formula is C17H15BrN2O4. The number of pyridine rings is 1. The second-order valence-electron chi connectivity index (χ2n) is 4.64. The number of benzene rings is 1. The number of esters is 1. The Balaban J connectivity index is 2.04. The molecule has 0 fully saturated rings. The van der Waals surface area contributed by atoms with Gasteiger partial charge in [0, 0.05) is 10.7 Å². The standard InChI is InChI=1S/C17H15BrN2O4/c1-23-16(21)15(9-14-8-7-13(18)10-19-14)20-17(22)24-11-12-5-3-2-4-6-12/h2-10H,11H2,1H3,(H,20,22)/b15-9-. The fourth-order valence-corrected chi connectivity index (χ4v) is 1.98. The number of aromatic nitrogens is 1.